The predicted molar refractivity (Wildman–Crippen MR) is 63.8 cm³/mol. The SMILES string of the molecule is O=C(O)c1ccoc1C(O)c1ccc(F)c(Br)c1. The molecule has 2 aromatic rings. The van der Waals surface area contributed by atoms with E-state index in [9.17, 15) is 14.3 Å². The molecule has 1 aromatic heterocycles. The van der Waals surface area contributed by atoms with Gasteiger partial charge in [0.2, 0.25) is 0 Å². The summed E-state index contributed by atoms with van der Waals surface area (Å²) in [6.07, 6.45) is -0.0800. The lowest BCUT2D eigenvalue weighted by Crippen LogP contribution is -2.05. The highest BCUT2D eigenvalue weighted by atomic mass is 79.9. The van der Waals surface area contributed by atoms with Crippen molar-refractivity contribution in [3.05, 3.63) is 57.7 Å². The summed E-state index contributed by atoms with van der Waals surface area (Å²) in [5, 5.41) is 18.9. The highest BCUT2D eigenvalue weighted by Gasteiger charge is 2.22. The van der Waals surface area contributed by atoms with Gasteiger partial charge in [-0.25, -0.2) is 9.18 Å². The predicted octanol–water partition coefficient (Wildman–Crippen LogP) is 2.96. The normalized spacial score (nSPS) is 12.4. The standard InChI is InChI=1S/C12H8BrFO4/c13-8-5-6(1-2-9(8)14)10(15)11-7(12(16)17)3-4-18-11/h1-5,10,15H,(H,16,17). The molecule has 0 amide bonds. The van der Waals surface area contributed by atoms with Crippen LogP contribution in [0.2, 0.25) is 0 Å². The van der Waals surface area contributed by atoms with E-state index in [-0.39, 0.29) is 15.8 Å². The van der Waals surface area contributed by atoms with Crippen molar-refractivity contribution in [1.29, 1.82) is 0 Å². The minimum Gasteiger partial charge on any atom is -0.478 e. The lowest BCUT2D eigenvalue weighted by molar-refractivity contribution is 0.0687. The first-order valence-corrected chi connectivity index (χ1v) is 5.73. The van der Waals surface area contributed by atoms with Crippen LogP contribution in [0.15, 0.2) is 39.4 Å². The zero-order valence-electron chi connectivity index (χ0n) is 8.93. The number of rotatable bonds is 3. The van der Waals surface area contributed by atoms with Crippen molar-refractivity contribution in [1.82, 2.24) is 0 Å². The van der Waals surface area contributed by atoms with Crippen LogP contribution in [0.4, 0.5) is 4.39 Å². The van der Waals surface area contributed by atoms with E-state index in [2.05, 4.69) is 15.9 Å². The molecule has 0 bridgehead atoms. The van der Waals surface area contributed by atoms with E-state index in [1.165, 1.54) is 30.5 Å². The Balaban J connectivity index is 2.41. The fourth-order valence-corrected chi connectivity index (χ4v) is 1.94. The molecule has 0 aliphatic carbocycles. The Hall–Kier alpha value is -1.66. The number of aliphatic hydroxyl groups is 1. The monoisotopic (exact) mass is 314 g/mol. The van der Waals surface area contributed by atoms with Crippen molar-refractivity contribution < 1.29 is 23.8 Å². The fourth-order valence-electron chi connectivity index (χ4n) is 1.54. The topological polar surface area (TPSA) is 70.7 Å². The Morgan fingerprint density at radius 2 is 2.11 bits per heavy atom. The van der Waals surface area contributed by atoms with Crippen LogP contribution in [0.1, 0.15) is 27.8 Å². The summed E-state index contributed by atoms with van der Waals surface area (Å²) in [5.74, 6) is -1.75. The van der Waals surface area contributed by atoms with Crippen LogP contribution in [0.25, 0.3) is 0 Å². The summed E-state index contributed by atoms with van der Waals surface area (Å²) in [5.41, 5.74) is 0.212. The van der Waals surface area contributed by atoms with Gasteiger partial charge in [0.05, 0.1) is 10.7 Å². The summed E-state index contributed by atoms with van der Waals surface area (Å²) in [6.45, 7) is 0. The van der Waals surface area contributed by atoms with Gasteiger partial charge in [-0.15, -0.1) is 0 Å². The fraction of sp³-hybridized carbons (Fsp3) is 0.0833. The highest BCUT2D eigenvalue weighted by Crippen LogP contribution is 2.28. The van der Waals surface area contributed by atoms with Gasteiger partial charge in [0, 0.05) is 0 Å². The number of carboxylic acids is 1. The maximum absolute atomic E-state index is 13.1. The number of aromatic carboxylic acids is 1. The third-order valence-corrected chi connectivity index (χ3v) is 3.04. The second-order valence-corrected chi connectivity index (χ2v) is 4.43. The molecule has 0 saturated heterocycles. The van der Waals surface area contributed by atoms with Crippen molar-refractivity contribution >= 4 is 21.9 Å². The molecular weight excluding hydrogens is 307 g/mol. The average Bonchev–Trinajstić information content (AvgIpc) is 2.81. The van der Waals surface area contributed by atoms with Crippen molar-refractivity contribution in [3.63, 3.8) is 0 Å². The number of carbonyl (C=O) groups is 1. The molecule has 18 heavy (non-hydrogen) atoms. The lowest BCUT2D eigenvalue weighted by atomic mass is 10.0. The summed E-state index contributed by atoms with van der Waals surface area (Å²) in [7, 11) is 0. The van der Waals surface area contributed by atoms with E-state index in [4.69, 9.17) is 9.52 Å². The Kier molecular flexibility index (Phi) is 3.49. The van der Waals surface area contributed by atoms with Gasteiger partial charge >= 0.3 is 5.97 Å². The highest BCUT2D eigenvalue weighted by molar-refractivity contribution is 9.10. The van der Waals surface area contributed by atoms with E-state index < -0.39 is 17.9 Å². The Morgan fingerprint density at radius 3 is 2.72 bits per heavy atom. The lowest BCUT2D eigenvalue weighted by Gasteiger charge is -2.10. The van der Waals surface area contributed by atoms with Gasteiger partial charge in [0.25, 0.3) is 0 Å². The van der Waals surface area contributed by atoms with Crippen LogP contribution in [-0.4, -0.2) is 16.2 Å². The second kappa shape index (κ2) is 4.91. The smallest absolute Gasteiger partial charge is 0.339 e. The molecule has 2 N–H and O–H groups in total. The van der Waals surface area contributed by atoms with Crippen LogP contribution in [0, 0.1) is 5.82 Å². The number of carboxylic acid groups (broad SMARTS) is 1. The molecule has 0 fully saturated rings. The molecule has 0 aliphatic rings. The van der Waals surface area contributed by atoms with Crippen molar-refractivity contribution in [2.45, 2.75) is 6.10 Å². The zero-order chi connectivity index (χ0) is 13.3. The van der Waals surface area contributed by atoms with Crippen LogP contribution in [0.5, 0.6) is 0 Å². The van der Waals surface area contributed by atoms with E-state index >= 15 is 0 Å². The molecular formula is C12H8BrFO4. The van der Waals surface area contributed by atoms with Gasteiger partial charge in [-0.2, -0.15) is 0 Å². The molecule has 0 radical (unpaired) electrons. The zero-order valence-corrected chi connectivity index (χ0v) is 10.5. The molecule has 1 heterocycles. The van der Waals surface area contributed by atoms with E-state index in [1.54, 1.807) is 0 Å². The Labute approximate surface area is 110 Å². The van der Waals surface area contributed by atoms with Gasteiger partial charge in [-0.05, 0) is 39.7 Å². The first-order valence-electron chi connectivity index (χ1n) is 4.94. The quantitative estimate of drug-likeness (QED) is 0.913. The summed E-state index contributed by atoms with van der Waals surface area (Å²) < 4.78 is 18.2. The number of hydrogen-bond donors (Lipinski definition) is 2. The summed E-state index contributed by atoms with van der Waals surface area (Å²) in [4.78, 5) is 10.9. The van der Waals surface area contributed by atoms with Gasteiger partial charge in [0.1, 0.15) is 17.5 Å². The van der Waals surface area contributed by atoms with E-state index in [0.717, 1.165) is 0 Å². The van der Waals surface area contributed by atoms with Crippen molar-refractivity contribution in [2.24, 2.45) is 0 Å². The number of aliphatic hydroxyl groups excluding tert-OH is 1. The first-order chi connectivity index (χ1) is 8.50. The van der Waals surface area contributed by atoms with E-state index in [1.807, 2.05) is 0 Å². The van der Waals surface area contributed by atoms with Crippen LogP contribution in [0.3, 0.4) is 0 Å². The molecule has 0 spiro atoms. The van der Waals surface area contributed by atoms with Crippen molar-refractivity contribution in [2.75, 3.05) is 0 Å². The Bertz CT molecular complexity index is 594. The van der Waals surface area contributed by atoms with E-state index in [0.29, 0.717) is 5.56 Å². The molecule has 1 aromatic carbocycles. The first kappa shape index (κ1) is 12.8. The largest absolute Gasteiger partial charge is 0.478 e. The third kappa shape index (κ3) is 2.30. The van der Waals surface area contributed by atoms with Crippen molar-refractivity contribution in [3.8, 4) is 0 Å². The number of halogens is 2. The molecule has 94 valence electrons. The number of benzene rings is 1. The Morgan fingerprint density at radius 1 is 1.39 bits per heavy atom. The maximum atomic E-state index is 13.1. The van der Waals surface area contributed by atoms with Gasteiger partial charge in [-0.1, -0.05) is 6.07 Å². The molecule has 0 saturated carbocycles. The molecule has 1 unspecified atom stereocenters. The molecule has 0 aliphatic heterocycles. The number of furan rings is 1. The van der Waals surface area contributed by atoms with Crippen LogP contribution in [-0.2, 0) is 0 Å². The van der Waals surface area contributed by atoms with Gasteiger partial charge < -0.3 is 14.6 Å². The second-order valence-electron chi connectivity index (χ2n) is 3.58. The van der Waals surface area contributed by atoms with Crippen LogP contribution < -0.4 is 0 Å². The molecule has 2 rings (SSSR count). The molecule has 1 atom stereocenters. The molecule has 6 heteroatoms. The minimum atomic E-state index is -1.26. The molecule has 4 nitrogen and oxygen atoms in total. The number of hydrogen-bond acceptors (Lipinski definition) is 3. The van der Waals surface area contributed by atoms with Gasteiger partial charge in [0.15, 0.2) is 5.76 Å². The minimum absolute atomic E-state index is 0.0824. The maximum Gasteiger partial charge on any atom is 0.339 e. The van der Waals surface area contributed by atoms with Gasteiger partial charge in [-0.3, -0.25) is 0 Å². The summed E-state index contributed by atoms with van der Waals surface area (Å²) >= 11 is 2.99. The van der Waals surface area contributed by atoms with Crippen LogP contribution >= 0.6 is 15.9 Å². The summed E-state index contributed by atoms with van der Waals surface area (Å²) in [6, 6.07) is 5.15. The average molecular weight is 315 g/mol. The third-order valence-electron chi connectivity index (χ3n) is 2.43.